The van der Waals surface area contributed by atoms with Crippen LogP contribution in [0.15, 0.2) is 79.6 Å². The molecule has 44 heavy (non-hydrogen) atoms. The van der Waals surface area contributed by atoms with Crippen molar-refractivity contribution in [1.82, 2.24) is 29.5 Å². The molecule has 0 saturated carbocycles. The Morgan fingerprint density at radius 1 is 1.11 bits per heavy atom. The molecule has 0 unspecified atom stereocenters. The second-order valence-electron chi connectivity index (χ2n) is 11.0. The number of rotatable bonds is 8. The lowest BCUT2D eigenvalue weighted by atomic mass is 10.1. The van der Waals surface area contributed by atoms with Gasteiger partial charge in [0, 0.05) is 30.5 Å². The molecule has 0 radical (unpaired) electrons. The lowest BCUT2D eigenvalue weighted by Crippen LogP contribution is -2.40. The molecule has 0 spiro atoms. The van der Waals surface area contributed by atoms with Gasteiger partial charge in [-0.15, -0.1) is 0 Å². The predicted molar refractivity (Wildman–Crippen MR) is 172 cm³/mol. The van der Waals surface area contributed by atoms with E-state index in [-0.39, 0.29) is 18.0 Å². The van der Waals surface area contributed by atoms with Crippen LogP contribution in [-0.2, 0) is 17.8 Å². The molecule has 0 atom stereocenters. The van der Waals surface area contributed by atoms with Crippen molar-refractivity contribution in [3.05, 3.63) is 95.9 Å². The first-order valence-electron chi connectivity index (χ1n) is 14.6. The first kappa shape index (κ1) is 29.3. The maximum atomic E-state index is 14.3. The summed E-state index contributed by atoms with van der Waals surface area (Å²) >= 11 is 6.55. The van der Waals surface area contributed by atoms with Crippen LogP contribution in [0.25, 0.3) is 0 Å². The van der Waals surface area contributed by atoms with E-state index in [0.717, 1.165) is 37.1 Å². The van der Waals surface area contributed by atoms with Crippen LogP contribution in [-0.4, -0.2) is 68.2 Å². The minimum atomic E-state index is -0.345. The maximum Gasteiger partial charge on any atom is 0.330 e. The van der Waals surface area contributed by atoms with Gasteiger partial charge in [-0.25, -0.2) is 14.7 Å². The Labute approximate surface area is 261 Å². The number of fused-ring (bicyclic) bond motifs is 1. The number of likely N-dealkylation sites (tertiary alicyclic amines) is 1. The van der Waals surface area contributed by atoms with E-state index in [1.807, 2.05) is 47.3 Å². The second-order valence-corrected chi connectivity index (χ2v) is 11.4. The van der Waals surface area contributed by atoms with Crippen LogP contribution >= 0.6 is 11.6 Å². The fourth-order valence-electron chi connectivity index (χ4n) is 5.53. The Balaban J connectivity index is 1.34. The predicted octanol–water partition coefficient (Wildman–Crippen LogP) is 5.78. The van der Waals surface area contributed by atoms with Crippen molar-refractivity contribution in [2.45, 2.75) is 31.8 Å². The number of hydrogen-bond acceptors (Lipinski definition) is 7. The van der Waals surface area contributed by atoms with E-state index >= 15 is 0 Å². The third-order valence-electron chi connectivity index (χ3n) is 7.94. The van der Waals surface area contributed by atoms with E-state index in [1.54, 1.807) is 34.2 Å². The summed E-state index contributed by atoms with van der Waals surface area (Å²) in [5.41, 5.74) is 3.51. The molecule has 2 aliphatic heterocycles. The van der Waals surface area contributed by atoms with E-state index in [2.05, 4.69) is 39.2 Å². The van der Waals surface area contributed by atoms with Crippen molar-refractivity contribution >= 4 is 52.4 Å². The zero-order valence-corrected chi connectivity index (χ0v) is 25.2. The molecule has 0 bridgehead atoms. The first-order chi connectivity index (χ1) is 21.4. The summed E-state index contributed by atoms with van der Waals surface area (Å²) in [6.07, 6.45) is 7.38. The number of aromatic nitrogens is 4. The van der Waals surface area contributed by atoms with E-state index in [9.17, 15) is 9.59 Å². The molecule has 226 valence electrons. The van der Waals surface area contributed by atoms with Gasteiger partial charge in [-0.3, -0.25) is 9.48 Å². The summed E-state index contributed by atoms with van der Waals surface area (Å²) in [5, 5.41) is 10.9. The molecule has 6 rings (SSSR count). The average molecular weight is 612 g/mol. The van der Waals surface area contributed by atoms with Gasteiger partial charge in [0.25, 0.3) is 0 Å². The van der Waals surface area contributed by atoms with Gasteiger partial charge in [-0.2, -0.15) is 10.1 Å². The zero-order chi connectivity index (χ0) is 30.6. The zero-order valence-electron chi connectivity index (χ0n) is 24.5. The fraction of sp³-hybridized carbons (Fsp3) is 0.281. The van der Waals surface area contributed by atoms with Crippen LogP contribution in [0.5, 0.6) is 0 Å². The second kappa shape index (κ2) is 12.9. The third-order valence-corrected chi connectivity index (χ3v) is 8.21. The molecule has 1 saturated heterocycles. The topological polar surface area (TPSA) is 112 Å². The van der Waals surface area contributed by atoms with Crippen molar-refractivity contribution in [1.29, 1.82) is 0 Å². The van der Waals surface area contributed by atoms with Crippen molar-refractivity contribution in [3.63, 3.8) is 0 Å². The SMILES string of the molecule is C=CC(=O)Nc1cccc(N2C(=O)N(Cc3ccccc3)CCc3cnc(Nc4cn(C5CCN(C)CC5)nc4Cl)nc32)c1. The lowest BCUT2D eigenvalue weighted by Gasteiger charge is -2.28. The van der Waals surface area contributed by atoms with Gasteiger partial charge in [0.05, 0.1) is 23.6 Å². The highest BCUT2D eigenvalue weighted by Crippen LogP contribution is 2.35. The largest absolute Gasteiger partial charge is 0.330 e. The summed E-state index contributed by atoms with van der Waals surface area (Å²) in [6.45, 7) is 6.45. The number of nitrogens with zero attached hydrogens (tertiary/aromatic N) is 7. The number of urea groups is 1. The fourth-order valence-corrected chi connectivity index (χ4v) is 5.71. The Morgan fingerprint density at radius 2 is 1.91 bits per heavy atom. The number of benzene rings is 2. The Hall–Kier alpha value is -4.74. The Kier molecular flexibility index (Phi) is 8.58. The van der Waals surface area contributed by atoms with Gasteiger partial charge in [-0.1, -0.05) is 54.6 Å². The highest BCUT2D eigenvalue weighted by atomic mass is 35.5. The van der Waals surface area contributed by atoms with Crippen LogP contribution in [0.4, 0.5) is 33.6 Å². The first-order valence-corrected chi connectivity index (χ1v) is 15.0. The van der Waals surface area contributed by atoms with E-state index in [1.165, 1.54) is 6.08 Å². The highest BCUT2D eigenvalue weighted by molar-refractivity contribution is 6.32. The normalized spacial score (nSPS) is 15.9. The molecule has 11 nitrogen and oxygen atoms in total. The van der Waals surface area contributed by atoms with Crippen molar-refractivity contribution in [2.24, 2.45) is 0 Å². The number of hydrogen-bond donors (Lipinski definition) is 2. The quantitative estimate of drug-likeness (QED) is 0.243. The van der Waals surface area contributed by atoms with Crippen molar-refractivity contribution in [2.75, 3.05) is 42.2 Å². The van der Waals surface area contributed by atoms with Gasteiger partial charge < -0.3 is 20.4 Å². The summed E-state index contributed by atoms with van der Waals surface area (Å²) in [6, 6.07) is 17.0. The van der Waals surface area contributed by atoms with Gasteiger partial charge in [-0.05, 0) is 69.2 Å². The van der Waals surface area contributed by atoms with Crippen LogP contribution in [0.2, 0.25) is 5.15 Å². The van der Waals surface area contributed by atoms with Gasteiger partial charge in [0.1, 0.15) is 5.82 Å². The molecule has 2 aromatic heterocycles. The van der Waals surface area contributed by atoms with Crippen LogP contribution < -0.4 is 15.5 Å². The maximum absolute atomic E-state index is 14.3. The van der Waals surface area contributed by atoms with Crippen molar-refractivity contribution in [3.8, 4) is 0 Å². The van der Waals surface area contributed by atoms with Crippen LogP contribution in [0, 0.1) is 0 Å². The number of amides is 3. The van der Waals surface area contributed by atoms with Crippen LogP contribution in [0.3, 0.4) is 0 Å². The molecule has 3 amide bonds. The van der Waals surface area contributed by atoms with Crippen molar-refractivity contribution < 1.29 is 9.59 Å². The molecule has 4 aromatic rings. The highest BCUT2D eigenvalue weighted by Gasteiger charge is 2.32. The number of anilines is 5. The summed E-state index contributed by atoms with van der Waals surface area (Å²) in [7, 11) is 2.12. The minimum absolute atomic E-state index is 0.238. The van der Waals surface area contributed by atoms with E-state index < -0.39 is 0 Å². The molecule has 2 N–H and O–H groups in total. The Morgan fingerprint density at radius 3 is 2.68 bits per heavy atom. The van der Waals surface area contributed by atoms with Crippen LogP contribution in [0.1, 0.15) is 30.0 Å². The standard InChI is InChI=1S/C32H34ClN9O2/c1-3-28(43)35-24-10-7-11-26(18-24)42-30-23(12-17-40(32(42)44)20-22-8-5-4-6-9-22)19-34-31(37-30)36-27-21-41(38-29(27)33)25-13-15-39(2)16-14-25/h3-11,18-19,21,25H,1,12-17,20H2,2H3,(H,35,43)(H,34,36,37). The Bertz CT molecular complexity index is 1670. The van der Waals surface area contributed by atoms with E-state index in [0.29, 0.717) is 53.5 Å². The number of piperidine rings is 1. The van der Waals surface area contributed by atoms with E-state index in [4.69, 9.17) is 16.6 Å². The van der Waals surface area contributed by atoms with Gasteiger partial charge in [0.15, 0.2) is 5.15 Å². The number of carbonyl (C=O) groups is 2. The molecule has 4 heterocycles. The number of carbonyl (C=O) groups excluding carboxylic acids is 2. The molecule has 2 aliphatic rings. The summed E-state index contributed by atoms with van der Waals surface area (Å²) in [5.74, 6) is 0.398. The average Bonchev–Trinajstić information content (AvgIpc) is 3.33. The summed E-state index contributed by atoms with van der Waals surface area (Å²) in [4.78, 5) is 41.4. The molecule has 12 heteroatoms. The molecule has 1 fully saturated rings. The smallest absolute Gasteiger partial charge is 0.322 e. The molecule has 2 aromatic carbocycles. The number of halogens is 1. The third kappa shape index (κ3) is 6.43. The molecule has 0 aliphatic carbocycles. The van der Waals surface area contributed by atoms with Gasteiger partial charge >= 0.3 is 6.03 Å². The monoisotopic (exact) mass is 611 g/mol. The molecular weight excluding hydrogens is 578 g/mol. The minimum Gasteiger partial charge on any atom is -0.322 e. The van der Waals surface area contributed by atoms with Gasteiger partial charge in [0.2, 0.25) is 11.9 Å². The lowest BCUT2D eigenvalue weighted by molar-refractivity contribution is -0.111. The molecular formula is C32H34ClN9O2. The summed E-state index contributed by atoms with van der Waals surface area (Å²) < 4.78 is 1.92. The number of nitrogens with one attached hydrogen (secondary N) is 2.